The third-order valence-electron chi connectivity index (χ3n) is 4.49. The number of rotatable bonds is 7. The summed E-state index contributed by atoms with van der Waals surface area (Å²) in [4.78, 5) is 35.1. The molecule has 2 N–H and O–H groups in total. The van der Waals surface area contributed by atoms with Crippen molar-refractivity contribution in [1.82, 2.24) is 5.32 Å². The predicted octanol–water partition coefficient (Wildman–Crippen LogP) is 2.34. The maximum atomic E-state index is 12.5. The van der Waals surface area contributed by atoms with E-state index in [9.17, 15) is 14.4 Å². The van der Waals surface area contributed by atoms with Gasteiger partial charge in [-0.15, -0.1) is 0 Å². The molecular formula is C18H23NO5. The average Bonchev–Trinajstić information content (AvgIpc) is 2.93. The fraction of sp³-hybridized carbons (Fsp3) is 0.500. The van der Waals surface area contributed by atoms with Gasteiger partial charge in [0.15, 0.2) is 5.78 Å². The van der Waals surface area contributed by atoms with E-state index in [0.717, 1.165) is 12.8 Å². The van der Waals surface area contributed by atoms with Crippen LogP contribution >= 0.6 is 0 Å². The summed E-state index contributed by atoms with van der Waals surface area (Å²) in [6, 6.07) is 4.98. The molecule has 1 fully saturated rings. The second kappa shape index (κ2) is 7.47. The Morgan fingerprint density at radius 1 is 1.25 bits per heavy atom. The van der Waals surface area contributed by atoms with E-state index in [-0.39, 0.29) is 24.5 Å². The lowest BCUT2D eigenvalue weighted by atomic mass is 9.92. The van der Waals surface area contributed by atoms with Crippen molar-refractivity contribution in [2.24, 2.45) is 0 Å². The monoisotopic (exact) mass is 333 g/mol. The molecule has 1 saturated carbocycles. The van der Waals surface area contributed by atoms with Crippen molar-refractivity contribution < 1.29 is 24.2 Å². The normalized spacial score (nSPS) is 15.8. The van der Waals surface area contributed by atoms with Crippen LogP contribution < -0.4 is 10.1 Å². The number of benzene rings is 1. The maximum Gasteiger partial charge on any atom is 0.305 e. The largest absolute Gasteiger partial charge is 0.496 e. The van der Waals surface area contributed by atoms with Crippen LogP contribution in [0.1, 0.15) is 54.9 Å². The number of hydrogen-bond acceptors (Lipinski definition) is 4. The highest BCUT2D eigenvalue weighted by molar-refractivity contribution is 5.94. The Morgan fingerprint density at radius 2 is 1.92 bits per heavy atom. The molecule has 0 aliphatic heterocycles. The first-order valence-corrected chi connectivity index (χ1v) is 8.06. The number of hydrogen-bond donors (Lipinski definition) is 2. The Bertz CT molecular complexity index is 647. The lowest BCUT2D eigenvalue weighted by Gasteiger charge is -2.28. The number of methoxy groups -OCH3 is 1. The molecule has 0 unspecified atom stereocenters. The molecule has 6 heteroatoms. The first-order chi connectivity index (χ1) is 11.3. The van der Waals surface area contributed by atoms with Crippen molar-refractivity contribution in [3.05, 3.63) is 29.3 Å². The molecule has 24 heavy (non-hydrogen) atoms. The second-order valence-electron chi connectivity index (χ2n) is 6.37. The number of aliphatic carboxylic acids is 1. The fourth-order valence-corrected chi connectivity index (χ4v) is 3.34. The summed E-state index contributed by atoms with van der Waals surface area (Å²) in [6.07, 6.45) is 3.16. The lowest BCUT2D eigenvalue weighted by Crippen LogP contribution is -2.48. The van der Waals surface area contributed by atoms with E-state index in [4.69, 9.17) is 9.84 Å². The van der Waals surface area contributed by atoms with Crippen LogP contribution in [0.15, 0.2) is 18.2 Å². The third-order valence-corrected chi connectivity index (χ3v) is 4.49. The van der Waals surface area contributed by atoms with Crippen molar-refractivity contribution >= 4 is 17.7 Å². The Hall–Kier alpha value is -2.37. The molecule has 1 aliphatic carbocycles. The van der Waals surface area contributed by atoms with Gasteiger partial charge in [-0.25, -0.2) is 0 Å². The molecule has 0 saturated heterocycles. The Labute approximate surface area is 141 Å². The van der Waals surface area contributed by atoms with E-state index in [0.29, 0.717) is 29.7 Å². The first kappa shape index (κ1) is 18.0. The highest BCUT2D eigenvalue weighted by Gasteiger charge is 2.37. The molecule has 2 rings (SSSR count). The molecule has 0 atom stereocenters. The van der Waals surface area contributed by atoms with Crippen LogP contribution in [0.4, 0.5) is 0 Å². The van der Waals surface area contributed by atoms with Gasteiger partial charge in [-0.1, -0.05) is 12.8 Å². The van der Waals surface area contributed by atoms with E-state index in [1.165, 1.54) is 14.0 Å². The minimum absolute atomic E-state index is 0.0473. The van der Waals surface area contributed by atoms with Crippen LogP contribution in [0, 0.1) is 0 Å². The van der Waals surface area contributed by atoms with E-state index < -0.39 is 11.5 Å². The quantitative estimate of drug-likeness (QED) is 0.747. The van der Waals surface area contributed by atoms with Crippen LogP contribution in [-0.2, 0) is 16.0 Å². The van der Waals surface area contributed by atoms with Gasteiger partial charge in [0.2, 0.25) is 5.91 Å². The zero-order valence-electron chi connectivity index (χ0n) is 14.1. The van der Waals surface area contributed by atoms with Gasteiger partial charge in [0.25, 0.3) is 0 Å². The highest BCUT2D eigenvalue weighted by atomic mass is 16.5. The van der Waals surface area contributed by atoms with E-state index in [1.807, 2.05) is 0 Å². The van der Waals surface area contributed by atoms with Gasteiger partial charge in [0.1, 0.15) is 5.75 Å². The summed E-state index contributed by atoms with van der Waals surface area (Å²) in [5.74, 6) is -0.711. The van der Waals surface area contributed by atoms with E-state index in [2.05, 4.69) is 5.32 Å². The summed E-state index contributed by atoms with van der Waals surface area (Å²) in [5, 5.41) is 12.0. The topological polar surface area (TPSA) is 92.7 Å². The van der Waals surface area contributed by atoms with Crippen LogP contribution in [0.2, 0.25) is 0 Å². The molecule has 0 radical (unpaired) electrons. The Balaban J connectivity index is 2.15. The number of ketones is 1. The van der Waals surface area contributed by atoms with Crippen LogP contribution in [0.25, 0.3) is 0 Å². The zero-order chi connectivity index (χ0) is 17.7. The number of carbonyl (C=O) groups is 3. The molecule has 0 spiro atoms. The van der Waals surface area contributed by atoms with Crippen molar-refractivity contribution in [3.8, 4) is 5.75 Å². The van der Waals surface area contributed by atoms with E-state index >= 15 is 0 Å². The molecule has 6 nitrogen and oxygen atoms in total. The van der Waals surface area contributed by atoms with Gasteiger partial charge in [-0.05, 0) is 38.0 Å². The van der Waals surface area contributed by atoms with Gasteiger partial charge in [-0.2, -0.15) is 0 Å². The minimum Gasteiger partial charge on any atom is -0.496 e. The zero-order valence-corrected chi connectivity index (χ0v) is 14.1. The Kier molecular flexibility index (Phi) is 5.59. The summed E-state index contributed by atoms with van der Waals surface area (Å²) < 4.78 is 5.26. The minimum atomic E-state index is -0.909. The number of carbonyl (C=O) groups excluding carboxylic acids is 2. The van der Waals surface area contributed by atoms with Crippen molar-refractivity contribution in [2.75, 3.05) is 7.11 Å². The van der Waals surface area contributed by atoms with Gasteiger partial charge in [0.05, 0.1) is 25.5 Å². The number of amides is 1. The molecule has 1 aliphatic rings. The first-order valence-electron chi connectivity index (χ1n) is 8.06. The number of carboxylic acid groups (broad SMARTS) is 1. The second-order valence-corrected chi connectivity index (χ2v) is 6.37. The van der Waals surface area contributed by atoms with Gasteiger partial charge in [0, 0.05) is 11.1 Å². The Morgan fingerprint density at radius 3 is 2.46 bits per heavy atom. The van der Waals surface area contributed by atoms with Crippen LogP contribution in [0.5, 0.6) is 5.75 Å². The molecule has 0 aromatic heterocycles. The summed E-state index contributed by atoms with van der Waals surface area (Å²) in [6.45, 7) is 1.46. The lowest BCUT2D eigenvalue weighted by molar-refractivity contribution is -0.139. The summed E-state index contributed by atoms with van der Waals surface area (Å²) in [5.41, 5.74) is 0.472. The van der Waals surface area contributed by atoms with Crippen LogP contribution in [-0.4, -0.2) is 35.4 Å². The molecule has 0 heterocycles. The summed E-state index contributed by atoms with van der Waals surface area (Å²) >= 11 is 0. The smallest absolute Gasteiger partial charge is 0.305 e. The molecule has 1 aromatic rings. The van der Waals surface area contributed by atoms with E-state index in [1.54, 1.807) is 18.2 Å². The van der Waals surface area contributed by atoms with Crippen LogP contribution in [0.3, 0.4) is 0 Å². The summed E-state index contributed by atoms with van der Waals surface area (Å²) in [7, 11) is 1.51. The van der Waals surface area contributed by atoms with Gasteiger partial charge < -0.3 is 15.2 Å². The van der Waals surface area contributed by atoms with Crippen molar-refractivity contribution in [2.45, 2.75) is 51.0 Å². The van der Waals surface area contributed by atoms with Crippen molar-refractivity contribution in [1.29, 1.82) is 0 Å². The highest BCUT2D eigenvalue weighted by Crippen LogP contribution is 2.33. The number of carboxylic acids is 1. The maximum absolute atomic E-state index is 12.5. The molecule has 130 valence electrons. The molecular weight excluding hydrogens is 310 g/mol. The number of ether oxygens (including phenoxy) is 1. The molecule has 0 bridgehead atoms. The predicted molar refractivity (Wildman–Crippen MR) is 88.3 cm³/mol. The van der Waals surface area contributed by atoms with Gasteiger partial charge in [-0.3, -0.25) is 14.4 Å². The number of Topliss-reactive ketones (excluding diaryl/α,β-unsaturated/α-hetero) is 1. The molecule has 1 amide bonds. The van der Waals surface area contributed by atoms with Crippen molar-refractivity contribution in [3.63, 3.8) is 0 Å². The number of nitrogens with one attached hydrogen (secondary N) is 1. The SMILES string of the molecule is COc1ccc(C(C)=O)cc1CC(=O)NC1(CC(=O)O)CCCC1. The van der Waals surface area contributed by atoms with Gasteiger partial charge >= 0.3 is 5.97 Å². The third kappa shape index (κ3) is 4.34. The standard InChI is InChI=1S/C18H23NO5/c1-12(20)13-5-6-15(24-2)14(9-13)10-16(21)19-18(11-17(22)23)7-3-4-8-18/h5-6,9H,3-4,7-8,10-11H2,1-2H3,(H,19,21)(H,22,23). The average molecular weight is 333 g/mol. The molecule has 1 aromatic carbocycles. The fourth-order valence-electron chi connectivity index (χ4n) is 3.34.